The van der Waals surface area contributed by atoms with Gasteiger partial charge in [-0.25, -0.2) is 0 Å². The Morgan fingerprint density at radius 3 is 2.33 bits per heavy atom. The molecule has 2 N–H and O–H groups in total. The molecular weight excluding hydrogens is 130 g/mol. The Balaban J connectivity index is 3.33. The number of hydrogen-bond donors (Lipinski definition) is 1. The molecular formula is C6H17NOSi. The van der Waals surface area contributed by atoms with Gasteiger partial charge in [-0.3, -0.25) is 0 Å². The number of nitrogens with two attached hydrogens (primary N) is 1. The van der Waals surface area contributed by atoms with Crippen LogP contribution in [0.3, 0.4) is 0 Å². The van der Waals surface area contributed by atoms with Crippen LogP contribution < -0.4 is 5.73 Å². The van der Waals surface area contributed by atoms with E-state index in [0.29, 0.717) is 0 Å². The van der Waals surface area contributed by atoms with Crippen molar-refractivity contribution in [2.75, 3.05) is 13.7 Å². The Morgan fingerprint density at radius 1 is 1.44 bits per heavy atom. The van der Waals surface area contributed by atoms with Crippen molar-refractivity contribution in [1.29, 1.82) is 0 Å². The maximum absolute atomic E-state index is 5.36. The van der Waals surface area contributed by atoms with Gasteiger partial charge in [0.15, 0.2) is 8.32 Å². The van der Waals surface area contributed by atoms with Crippen LogP contribution in [0, 0.1) is 0 Å². The van der Waals surface area contributed by atoms with Crippen LogP contribution in [0.2, 0.25) is 19.1 Å². The molecule has 0 spiro atoms. The van der Waals surface area contributed by atoms with Gasteiger partial charge in [0, 0.05) is 7.11 Å². The third kappa shape index (κ3) is 4.63. The molecule has 0 rings (SSSR count). The lowest BCUT2D eigenvalue weighted by molar-refractivity contribution is 0.402. The average molecular weight is 147 g/mol. The van der Waals surface area contributed by atoms with Gasteiger partial charge in [-0.15, -0.1) is 0 Å². The summed E-state index contributed by atoms with van der Waals surface area (Å²) in [4.78, 5) is 0. The Bertz CT molecular complexity index is 75.5. The second-order valence-corrected chi connectivity index (χ2v) is 7.28. The van der Waals surface area contributed by atoms with Gasteiger partial charge in [-0.1, -0.05) is 0 Å². The SMILES string of the molecule is CO[Si](C)(C)CCCN. The molecule has 0 heterocycles. The summed E-state index contributed by atoms with van der Waals surface area (Å²) in [5, 5.41) is 0. The van der Waals surface area contributed by atoms with Gasteiger partial charge >= 0.3 is 0 Å². The van der Waals surface area contributed by atoms with Gasteiger partial charge in [0.05, 0.1) is 0 Å². The molecule has 0 aromatic rings. The van der Waals surface area contributed by atoms with Crippen molar-refractivity contribution in [1.82, 2.24) is 0 Å². The average Bonchev–Trinajstić information content (AvgIpc) is 1.84. The number of hydrogen-bond acceptors (Lipinski definition) is 2. The third-order valence-electron chi connectivity index (χ3n) is 1.54. The second-order valence-electron chi connectivity index (χ2n) is 2.86. The zero-order chi connectivity index (χ0) is 7.33. The zero-order valence-corrected chi connectivity index (χ0v) is 7.61. The highest BCUT2D eigenvalue weighted by atomic mass is 28.4. The molecule has 0 bridgehead atoms. The summed E-state index contributed by atoms with van der Waals surface area (Å²) in [6, 6.07) is 1.18. The van der Waals surface area contributed by atoms with E-state index in [1.807, 2.05) is 0 Å². The smallest absolute Gasteiger partial charge is 0.186 e. The molecule has 0 atom stereocenters. The Morgan fingerprint density at radius 2 is 2.00 bits per heavy atom. The Labute approximate surface area is 58.5 Å². The van der Waals surface area contributed by atoms with Crippen molar-refractivity contribution in [2.24, 2.45) is 5.73 Å². The quantitative estimate of drug-likeness (QED) is 0.606. The summed E-state index contributed by atoms with van der Waals surface area (Å²) < 4.78 is 5.32. The number of rotatable bonds is 4. The van der Waals surface area contributed by atoms with Gasteiger partial charge in [0.25, 0.3) is 0 Å². The molecule has 0 aliphatic carbocycles. The van der Waals surface area contributed by atoms with Crippen LogP contribution >= 0.6 is 0 Å². The first-order valence-electron chi connectivity index (χ1n) is 3.37. The highest BCUT2D eigenvalue weighted by Crippen LogP contribution is 2.10. The third-order valence-corrected chi connectivity index (χ3v) is 4.20. The largest absolute Gasteiger partial charge is 0.420 e. The van der Waals surface area contributed by atoms with Crippen molar-refractivity contribution in [2.45, 2.75) is 25.6 Å². The van der Waals surface area contributed by atoms with E-state index in [-0.39, 0.29) is 0 Å². The molecule has 0 unspecified atom stereocenters. The zero-order valence-electron chi connectivity index (χ0n) is 6.61. The van der Waals surface area contributed by atoms with E-state index in [4.69, 9.17) is 10.2 Å². The van der Waals surface area contributed by atoms with E-state index >= 15 is 0 Å². The molecule has 0 amide bonds. The minimum absolute atomic E-state index is 0.791. The van der Waals surface area contributed by atoms with Crippen LogP contribution in [0.25, 0.3) is 0 Å². The normalized spacial score (nSPS) is 12.0. The van der Waals surface area contributed by atoms with E-state index in [1.54, 1.807) is 7.11 Å². The maximum atomic E-state index is 5.36. The van der Waals surface area contributed by atoms with Crippen LogP contribution in [0.5, 0.6) is 0 Å². The van der Waals surface area contributed by atoms with E-state index in [1.165, 1.54) is 6.04 Å². The summed E-state index contributed by atoms with van der Waals surface area (Å²) in [7, 11) is 0.516. The summed E-state index contributed by atoms with van der Waals surface area (Å²) in [5.41, 5.74) is 5.36. The predicted molar refractivity (Wildman–Crippen MR) is 43.0 cm³/mol. The van der Waals surface area contributed by atoms with Crippen LogP contribution in [0.4, 0.5) is 0 Å². The minimum atomic E-state index is -1.28. The van der Waals surface area contributed by atoms with Crippen molar-refractivity contribution in [3.63, 3.8) is 0 Å². The van der Waals surface area contributed by atoms with Gasteiger partial charge < -0.3 is 10.2 Å². The van der Waals surface area contributed by atoms with Crippen LogP contribution in [0.1, 0.15) is 6.42 Å². The van der Waals surface area contributed by atoms with Crippen molar-refractivity contribution in [3.8, 4) is 0 Å². The van der Waals surface area contributed by atoms with Crippen molar-refractivity contribution < 1.29 is 4.43 Å². The molecule has 3 heteroatoms. The fraction of sp³-hybridized carbons (Fsp3) is 1.00. The van der Waals surface area contributed by atoms with Crippen LogP contribution in [-0.2, 0) is 4.43 Å². The van der Waals surface area contributed by atoms with E-state index < -0.39 is 8.32 Å². The lowest BCUT2D eigenvalue weighted by atomic mass is 10.5. The summed E-state index contributed by atoms with van der Waals surface area (Å²) >= 11 is 0. The molecule has 0 aliphatic rings. The van der Waals surface area contributed by atoms with Gasteiger partial charge in [0.2, 0.25) is 0 Å². The molecule has 0 radical (unpaired) electrons. The van der Waals surface area contributed by atoms with Crippen LogP contribution in [0.15, 0.2) is 0 Å². The first kappa shape index (κ1) is 9.14. The standard InChI is InChI=1S/C6H17NOSi/c1-8-9(2,3)6-4-5-7/h4-7H2,1-3H3. The van der Waals surface area contributed by atoms with Crippen molar-refractivity contribution in [3.05, 3.63) is 0 Å². The fourth-order valence-corrected chi connectivity index (χ4v) is 1.89. The van der Waals surface area contributed by atoms with Gasteiger partial charge in [-0.05, 0) is 32.1 Å². The summed E-state index contributed by atoms with van der Waals surface area (Å²) in [6.07, 6.45) is 1.10. The molecule has 0 aliphatic heterocycles. The minimum Gasteiger partial charge on any atom is -0.420 e. The monoisotopic (exact) mass is 147 g/mol. The molecule has 9 heavy (non-hydrogen) atoms. The molecule has 0 aromatic carbocycles. The lowest BCUT2D eigenvalue weighted by Gasteiger charge is -2.18. The van der Waals surface area contributed by atoms with E-state index in [9.17, 15) is 0 Å². The molecule has 0 saturated carbocycles. The Kier molecular flexibility index (Phi) is 4.09. The van der Waals surface area contributed by atoms with Gasteiger partial charge in [0.1, 0.15) is 0 Å². The van der Waals surface area contributed by atoms with Crippen LogP contribution in [-0.4, -0.2) is 22.0 Å². The molecule has 56 valence electrons. The highest BCUT2D eigenvalue weighted by molar-refractivity contribution is 6.71. The molecule has 0 fully saturated rings. The predicted octanol–water partition coefficient (Wildman–Crippen LogP) is 1.19. The first-order valence-corrected chi connectivity index (χ1v) is 6.49. The lowest BCUT2D eigenvalue weighted by Crippen LogP contribution is -2.28. The molecule has 0 saturated heterocycles. The second kappa shape index (κ2) is 4.03. The highest BCUT2D eigenvalue weighted by Gasteiger charge is 2.18. The fourth-order valence-electron chi connectivity index (χ4n) is 0.630. The molecule has 0 aromatic heterocycles. The topological polar surface area (TPSA) is 35.2 Å². The Hall–Kier alpha value is 0.137. The van der Waals surface area contributed by atoms with Crippen molar-refractivity contribution >= 4 is 8.32 Å². The summed E-state index contributed by atoms with van der Waals surface area (Å²) in [5.74, 6) is 0. The summed E-state index contributed by atoms with van der Waals surface area (Å²) in [6.45, 7) is 5.21. The molecule has 2 nitrogen and oxygen atoms in total. The van der Waals surface area contributed by atoms with E-state index in [0.717, 1.165) is 13.0 Å². The van der Waals surface area contributed by atoms with E-state index in [2.05, 4.69) is 13.1 Å². The van der Waals surface area contributed by atoms with Gasteiger partial charge in [-0.2, -0.15) is 0 Å². The first-order chi connectivity index (χ1) is 4.12. The maximum Gasteiger partial charge on any atom is 0.186 e.